The average Bonchev–Trinajstić information content (AvgIpc) is 2.95. The molecule has 0 radical (unpaired) electrons. The van der Waals surface area contributed by atoms with Crippen molar-refractivity contribution < 1.29 is 37.6 Å². The first-order chi connectivity index (χ1) is 19.8. The number of carbonyl (C=O) groups is 2. The van der Waals surface area contributed by atoms with Crippen LogP contribution >= 0.6 is 7.82 Å². The third kappa shape index (κ3) is 28.6. The van der Waals surface area contributed by atoms with Gasteiger partial charge in [0.2, 0.25) is 0 Å². The van der Waals surface area contributed by atoms with Crippen LogP contribution in [0.4, 0.5) is 0 Å². The predicted octanol–water partition coefficient (Wildman–Crippen LogP) is 7.93. The standard InChI is InChI=1S/C31H60NO8P/c1-3-5-7-9-11-12-13-14-15-16-18-19-21-23-30(33)37-27-29(28-39-41(35,36)38-26-25-32)40-31(34)24-22-20-17-10-8-6-4-2/h12-13,29H,3-11,14-28,32H2,1-2H3,(H,35,36)/b13-12+/t29-/m0/s1. The van der Waals surface area contributed by atoms with E-state index < -0.39 is 32.5 Å². The number of phosphoric ester groups is 1. The van der Waals surface area contributed by atoms with Crippen LogP contribution in [0.1, 0.15) is 142 Å². The summed E-state index contributed by atoms with van der Waals surface area (Å²) in [6, 6.07) is 0. The number of unbranched alkanes of at least 4 members (excludes halogenated alkanes) is 15. The molecular formula is C31H60NO8P. The largest absolute Gasteiger partial charge is 0.472 e. The molecule has 242 valence electrons. The van der Waals surface area contributed by atoms with Gasteiger partial charge >= 0.3 is 19.8 Å². The smallest absolute Gasteiger partial charge is 0.462 e. The number of allylic oxidation sites excluding steroid dienone is 2. The van der Waals surface area contributed by atoms with Crippen LogP contribution in [0.2, 0.25) is 0 Å². The first-order valence-corrected chi connectivity index (χ1v) is 17.7. The van der Waals surface area contributed by atoms with Crippen LogP contribution < -0.4 is 5.73 Å². The summed E-state index contributed by atoms with van der Waals surface area (Å²) in [6.45, 7) is 3.63. The maximum Gasteiger partial charge on any atom is 0.472 e. The Hall–Kier alpha value is -1.25. The minimum absolute atomic E-state index is 0.0542. The van der Waals surface area contributed by atoms with Crippen molar-refractivity contribution in [1.82, 2.24) is 0 Å². The number of nitrogens with two attached hydrogens (primary N) is 1. The fourth-order valence-corrected chi connectivity index (χ4v) is 4.98. The Morgan fingerprint density at radius 3 is 1.76 bits per heavy atom. The lowest BCUT2D eigenvalue weighted by molar-refractivity contribution is -0.161. The molecule has 0 heterocycles. The SMILES string of the molecule is CCCCCC/C=C/CCCCCCCC(=O)OC[C@@H](COP(=O)(O)OCCN)OC(=O)CCCCCCCCC. The van der Waals surface area contributed by atoms with Gasteiger partial charge in [-0.1, -0.05) is 103 Å². The fourth-order valence-electron chi connectivity index (χ4n) is 4.21. The Labute approximate surface area is 249 Å². The molecular weight excluding hydrogens is 545 g/mol. The number of phosphoric acid groups is 1. The molecule has 0 spiro atoms. The van der Waals surface area contributed by atoms with Gasteiger partial charge in [0.1, 0.15) is 6.61 Å². The molecule has 1 unspecified atom stereocenters. The van der Waals surface area contributed by atoms with Crippen LogP contribution in [-0.4, -0.2) is 49.3 Å². The molecule has 0 saturated heterocycles. The van der Waals surface area contributed by atoms with Crippen molar-refractivity contribution in [2.45, 2.75) is 148 Å². The van der Waals surface area contributed by atoms with Crippen molar-refractivity contribution in [3.8, 4) is 0 Å². The first kappa shape index (κ1) is 39.8. The highest BCUT2D eigenvalue weighted by Gasteiger charge is 2.25. The van der Waals surface area contributed by atoms with Gasteiger partial charge in [-0.15, -0.1) is 0 Å². The van der Waals surface area contributed by atoms with E-state index in [9.17, 15) is 19.0 Å². The second-order valence-electron chi connectivity index (χ2n) is 10.7. The van der Waals surface area contributed by atoms with Gasteiger partial charge in [-0.05, 0) is 38.5 Å². The number of esters is 2. The predicted molar refractivity (Wildman–Crippen MR) is 164 cm³/mol. The Balaban J connectivity index is 4.26. The average molecular weight is 606 g/mol. The summed E-state index contributed by atoms with van der Waals surface area (Å²) in [5.74, 6) is -0.846. The van der Waals surface area contributed by atoms with E-state index in [1.807, 2.05) is 0 Å². The van der Waals surface area contributed by atoms with Crippen LogP contribution in [0.3, 0.4) is 0 Å². The zero-order valence-electron chi connectivity index (χ0n) is 26.0. The third-order valence-electron chi connectivity index (χ3n) is 6.65. The number of rotatable bonds is 30. The van der Waals surface area contributed by atoms with E-state index in [0.29, 0.717) is 6.42 Å². The molecule has 2 atom stereocenters. The highest BCUT2D eigenvalue weighted by molar-refractivity contribution is 7.47. The van der Waals surface area contributed by atoms with Crippen molar-refractivity contribution in [2.75, 3.05) is 26.4 Å². The van der Waals surface area contributed by atoms with Gasteiger partial charge in [-0.2, -0.15) is 0 Å². The number of hydrogen-bond donors (Lipinski definition) is 2. The van der Waals surface area contributed by atoms with E-state index >= 15 is 0 Å². The summed E-state index contributed by atoms with van der Waals surface area (Å²) in [7, 11) is -4.35. The molecule has 0 aromatic rings. The molecule has 0 aliphatic carbocycles. The summed E-state index contributed by atoms with van der Waals surface area (Å²) < 4.78 is 32.4. The highest BCUT2D eigenvalue weighted by atomic mass is 31.2. The maximum atomic E-state index is 12.3. The minimum atomic E-state index is -4.35. The van der Waals surface area contributed by atoms with Crippen molar-refractivity contribution in [3.63, 3.8) is 0 Å². The lowest BCUT2D eigenvalue weighted by Gasteiger charge is -2.19. The second kappa shape index (κ2) is 28.9. The molecule has 0 bridgehead atoms. The summed E-state index contributed by atoms with van der Waals surface area (Å²) in [5.41, 5.74) is 5.30. The summed E-state index contributed by atoms with van der Waals surface area (Å²) >= 11 is 0. The zero-order chi connectivity index (χ0) is 30.4. The number of carbonyl (C=O) groups excluding carboxylic acids is 2. The lowest BCUT2D eigenvalue weighted by Crippen LogP contribution is -2.29. The van der Waals surface area contributed by atoms with Gasteiger partial charge in [-0.3, -0.25) is 18.6 Å². The Bertz CT molecular complexity index is 704. The highest BCUT2D eigenvalue weighted by Crippen LogP contribution is 2.43. The van der Waals surface area contributed by atoms with E-state index in [-0.39, 0.29) is 32.6 Å². The van der Waals surface area contributed by atoms with E-state index in [2.05, 4.69) is 26.0 Å². The molecule has 0 fully saturated rings. The molecule has 0 rings (SSSR count). The van der Waals surface area contributed by atoms with E-state index in [0.717, 1.165) is 57.8 Å². The molecule has 3 N–H and O–H groups in total. The molecule has 0 aromatic carbocycles. The van der Waals surface area contributed by atoms with Crippen LogP contribution in [0.15, 0.2) is 12.2 Å². The van der Waals surface area contributed by atoms with Crippen LogP contribution in [0.25, 0.3) is 0 Å². The van der Waals surface area contributed by atoms with Crippen molar-refractivity contribution >= 4 is 19.8 Å². The third-order valence-corrected chi connectivity index (χ3v) is 7.64. The van der Waals surface area contributed by atoms with Crippen LogP contribution in [-0.2, 0) is 32.7 Å². The van der Waals surface area contributed by atoms with Crippen LogP contribution in [0.5, 0.6) is 0 Å². The normalized spacial score (nSPS) is 13.8. The summed E-state index contributed by atoms with van der Waals surface area (Å²) in [6.07, 6.45) is 24.1. The number of ether oxygens (including phenoxy) is 2. The quantitative estimate of drug-likeness (QED) is 0.0362. The molecule has 0 amide bonds. The van der Waals surface area contributed by atoms with Gasteiger partial charge in [0.25, 0.3) is 0 Å². The van der Waals surface area contributed by atoms with Crippen molar-refractivity contribution in [2.24, 2.45) is 5.73 Å². The maximum absolute atomic E-state index is 12.3. The molecule has 0 aromatic heterocycles. The number of hydrogen-bond acceptors (Lipinski definition) is 8. The molecule has 10 heteroatoms. The molecule has 0 saturated carbocycles. The summed E-state index contributed by atoms with van der Waals surface area (Å²) in [5, 5.41) is 0. The van der Waals surface area contributed by atoms with Gasteiger partial charge < -0.3 is 20.1 Å². The monoisotopic (exact) mass is 605 g/mol. The lowest BCUT2D eigenvalue weighted by atomic mass is 10.1. The van der Waals surface area contributed by atoms with Crippen LogP contribution in [0, 0.1) is 0 Å². The molecule has 0 aliphatic heterocycles. The molecule has 41 heavy (non-hydrogen) atoms. The van der Waals surface area contributed by atoms with Crippen molar-refractivity contribution in [1.29, 1.82) is 0 Å². The van der Waals surface area contributed by atoms with Gasteiger partial charge in [0.05, 0.1) is 13.2 Å². The molecule has 0 aliphatic rings. The minimum Gasteiger partial charge on any atom is -0.462 e. The van der Waals surface area contributed by atoms with Gasteiger partial charge in [-0.25, -0.2) is 4.57 Å². The van der Waals surface area contributed by atoms with E-state index in [1.165, 1.54) is 51.4 Å². The molecule has 9 nitrogen and oxygen atoms in total. The Morgan fingerprint density at radius 2 is 1.20 bits per heavy atom. The van der Waals surface area contributed by atoms with E-state index in [4.69, 9.17) is 24.3 Å². The Morgan fingerprint density at radius 1 is 0.707 bits per heavy atom. The van der Waals surface area contributed by atoms with Gasteiger partial charge in [0, 0.05) is 19.4 Å². The van der Waals surface area contributed by atoms with Crippen molar-refractivity contribution in [3.05, 3.63) is 12.2 Å². The second-order valence-corrected chi connectivity index (χ2v) is 12.1. The first-order valence-electron chi connectivity index (χ1n) is 16.2. The fraction of sp³-hybridized carbons (Fsp3) is 0.871. The Kier molecular flexibility index (Phi) is 28.0. The van der Waals surface area contributed by atoms with E-state index in [1.54, 1.807) is 0 Å². The van der Waals surface area contributed by atoms with Gasteiger partial charge in [0.15, 0.2) is 6.10 Å². The topological polar surface area (TPSA) is 134 Å². The summed E-state index contributed by atoms with van der Waals surface area (Å²) in [4.78, 5) is 34.3. The zero-order valence-corrected chi connectivity index (χ0v) is 26.9.